The maximum atomic E-state index is 2.45. The summed E-state index contributed by atoms with van der Waals surface area (Å²) in [6, 6.07) is 21.9. The van der Waals surface area contributed by atoms with Crippen LogP contribution in [0.4, 0.5) is 0 Å². The lowest BCUT2D eigenvalue weighted by Crippen LogP contribution is -2.82. The first kappa shape index (κ1) is 11.5. The van der Waals surface area contributed by atoms with E-state index < -0.39 is 0 Å². The molecule has 1 atom stereocenters. The molecule has 1 saturated heterocycles. The van der Waals surface area contributed by atoms with E-state index in [0.29, 0.717) is 5.41 Å². The fraction of sp³-hybridized carbons (Fsp3) is 0.294. The lowest BCUT2D eigenvalue weighted by Gasteiger charge is -2.26. The van der Waals surface area contributed by atoms with Crippen LogP contribution in [0.25, 0.3) is 0 Å². The van der Waals surface area contributed by atoms with Gasteiger partial charge >= 0.3 is 0 Å². The largest absolute Gasteiger partial charge is 0.345 e. The molecule has 18 heavy (non-hydrogen) atoms. The van der Waals surface area contributed by atoms with Crippen molar-refractivity contribution in [3.05, 3.63) is 71.8 Å². The third kappa shape index (κ3) is 2.19. The van der Waals surface area contributed by atoms with Crippen molar-refractivity contribution in [3.63, 3.8) is 0 Å². The molecule has 2 N–H and O–H groups in total. The summed E-state index contributed by atoms with van der Waals surface area (Å²) in [5.41, 5.74) is 3.29. The number of rotatable bonds is 3. The van der Waals surface area contributed by atoms with Crippen LogP contribution < -0.4 is 5.32 Å². The monoisotopic (exact) mass is 238 g/mol. The molecule has 1 heterocycles. The second kappa shape index (κ2) is 4.95. The minimum absolute atomic E-state index is 0.336. The summed E-state index contributed by atoms with van der Waals surface area (Å²) in [7, 11) is 0. The molecule has 0 bridgehead atoms. The smallest absolute Gasteiger partial charge is 0.0859 e. The first-order valence-electron chi connectivity index (χ1n) is 6.80. The Balaban J connectivity index is 1.93. The number of benzene rings is 2. The van der Waals surface area contributed by atoms with Crippen LogP contribution in [0.15, 0.2) is 60.7 Å². The van der Waals surface area contributed by atoms with Crippen molar-refractivity contribution in [2.24, 2.45) is 0 Å². The molecule has 0 aromatic heterocycles. The van der Waals surface area contributed by atoms with E-state index in [4.69, 9.17) is 0 Å². The Hall–Kier alpha value is -1.60. The maximum absolute atomic E-state index is 2.45. The predicted octanol–water partition coefficient (Wildman–Crippen LogP) is 2.13. The van der Waals surface area contributed by atoms with Gasteiger partial charge in [0.25, 0.3) is 0 Å². The van der Waals surface area contributed by atoms with Gasteiger partial charge < -0.3 is 5.32 Å². The van der Waals surface area contributed by atoms with Crippen LogP contribution >= 0.6 is 0 Å². The minimum Gasteiger partial charge on any atom is -0.345 e. The van der Waals surface area contributed by atoms with Crippen molar-refractivity contribution in [3.8, 4) is 0 Å². The standard InChI is InChI=1S/C17H19N/c1-3-7-15(8-4-1)13-17(11-12-18-14-17)16-9-5-2-6-10-16/h1-10,18H,11-14H2/p+1/t17-/m1/s1. The summed E-state index contributed by atoms with van der Waals surface area (Å²) in [5.74, 6) is 0. The zero-order valence-corrected chi connectivity index (χ0v) is 10.7. The van der Waals surface area contributed by atoms with Crippen molar-refractivity contribution >= 4 is 0 Å². The number of hydrogen-bond donors (Lipinski definition) is 1. The highest BCUT2D eigenvalue weighted by molar-refractivity contribution is 5.30. The van der Waals surface area contributed by atoms with Crippen LogP contribution in [0.3, 0.4) is 0 Å². The molecule has 1 aliphatic heterocycles. The van der Waals surface area contributed by atoms with E-state index in [1.165, 1.54) is 30.6 Å². The van der Waals surface area contributed by atoms with Gasteiger partial charge in [0.05, 0.1) is 18.5 Å². The Labute approximate surface area is 109 Å². The Morgan fingerprint density at radius 2 is 1.56 bits per heavy atom. The zero-order valence-electron chi connectivity index (χ0n) is 10.7. The van der Waals surface area contributed by atoms with E-state index in [9.17, 15) is 0 Å². The van der Waals surface area contributed by atoms with Gasteiger partial charge in [-0.1, -0.05) is 60.7 Å². The number of nitrogens with two attached hydrogens (primary N) is 1. The Bertz CT molecular complexity index is 484. The van der Waals surface area contributed by atoms with Crippen LogP contribution in [0.5, 0.6) is 0 Å². The molecule has 92 valence electrons. The van der Waals surface area contributed by atoms with E-state index in [0.717, 1.165) is 6.42 Å². The highest BCUT2D eigenvalue weighted by Crippen LogP contribution is 2.32. The summed E-state index contributed by atoms with van der Waals surface area (Å²) in [5, 5.41) is 2.45. The molecular weight excluding hydrogens is 218 g/mol. The van der Waals surface area contributed by atoms with Crippen molar-refractivity contribution in [1.29, 1.82) is 0 Å². The van der Waals surface area contributed by atoms with E-state index >= 15 is 0 Å². The van der Waals surface area contributed by atoms with Crippen LogP contribution in [0.1, 0.15) is 17.5 Å². The molecule has 2 aromatic carbocycles. The Morgan fingerprint density at radius 3 is 2.17 bits per heavy atom. The van der Waals surface area contributed by atoms with E-state index in [1.807, 2.05) is 0 Å². The minimum atomic E-state index is 0.336. The number of quaternary nitrogens is 1. The van der Waals surface area contributed by atoms with Crippen LogP contribution in [0.2, 0.25) is 0 Å². The van der Waals surface area contributed by atoms with Crippen molar-refractivity contribution in [2.45, 2.75) is 18.3 Å². The number of hydrogen-bond acceptors (Lipinski definition) is 0. The first-order chi connectivity index (χ1) is 8.89. The van der Waals surface area contributed by atoms with E-state index in [2.05, 4.69) is 66.0 Å². The van der Waals surface area contributed by atoms with Gasteiger partial charge in [0, 0.05) is 6.42 Å². The lowest BCUT2D eigenvalue weighted by molar-refractivity contribution is -0.639. The summed E-state index contributed by atoms with van der Waals surface area (Å²) < 4.78 is 0. The molecule has 0 saturated carbocycles. The second-order valence-corrected chi connectivity index (χ2v) is 5.34. The maximum Gasteiger partial charge on any atom is 0.0859 e. The van der Waals surface area contributed by atoms with E-state index in [-0.39, 0.29) is 0 Å². The van der Waals surface area contributed by atoms with Gasteiger partial charge in [-0.15, -0.1) is 0 Å². The summed E-state index contributed by atoms with van der Waals surface area (Å²) in [4.78, 5) is 0. The molecule has 1 fully saturated rings. The lowest BCUT2D eigenvalue weighted by atomic mass is 9.75. The third-order valence-corrected chi connectivity index (χ3v) is 4.13. The average Bonchev–Trinajstić information content (AvgIpc) is 2.91. The molecule has 0 unspecified atom stereocenters. The Morgan fingerprint density at radius 1 is 0.889 bits per heavy atom. The second-order valence-electron chi connectivity index (χ2n) is 5.34. The van der Waals surface area contributed by atoms with Gasteiger partial charge in [-0.2, -0.15) is 0 Å². The molecule has 2 aromatic rings. The molecule has 1 heteroatoms. The zero-order chi connectivity index (χ0) is 12.3. The van der Waals surface area contributed by atoms with Crippen LogP contribution in [-0.2, 0) is 11.8 Å². The van der Waals surface area contributed by atoms with Gasteiger partial charge in [-0.25, -0.2) is 0 Å². The fourth-order valence-electron chi connectivity index (χ4n) is 3.16. The third-order valence-electron chi connectivity index (χ3n) is 4.13. The molecule has 0 aliphatic carbocycles. The molecule has 3 rings (SSSR count). The molecule has 1 aliphatic rings. The topological polar surface area (TPSA) is 16.6 Å². The normalized spacial score (nSPS) is 23.1. The van der Waals surface area contributed by atoms with Crippen molar-refractivity contribution in [1.82, 2.24) is 0 Å². The molecule has 0 amide bonds. The van der Waals surface area contributed by atoms with Gasteiger partial charge in [0.2, 0.25) is 0 Å². The fourth-order valence-corrected chi connectivity index (χ4v) is 3.16. The van der Waals surface area contributed by atoms with E-state index in [1.54, 1.807) is 0 Å². The molecule has 1 nitrogen and oxygen atoms in total. The summed E-state index contributed by atoms with van der Waals surface area (Å²) >= 11 is 0. The highest BCUT2D eigenvalue weighted by atomic mass is 14.9. The molecule has 0 radical (unpaired) electrons. The summed E-state index contributed by atoms with van der Waals surface area (Å²) in [6.45, 7) is 2.47. The average molecular weight is 238 g/mol. The van der Waals surface area contributed by atoms with Gasteiger partial charge in [0.15, 0.2) is 0 Å². The van der Waals surface area contributed by atoms with Gasteiger partial charge in [-0.05, 0) is 17.5 Å². The molecule has 0 spiro atoms. The van der Waals surface area contributed by atoms with Crippen molar-refractivity contribution < 1.29 is 5.32 Å². The summed E-state index contributed by atoms with van der Waals surface area (Å²) in [6.07, 6.45) is 2.44. The molecular formula is C17H20N+. The van der Waals surface area contributed by atoms with Gasteiger partial charge in [0.1, 0.15) is 0 Å². The van der Waals surface area contributed by atoms with Crippen LogP contribution in [-0.4, -0.2) is 13.1 Å². The highest BCUT2D eigenvalue weighted by Gasteiger charge is 2.38. The van der Waals surface area contributed by atoms with Crippen LogP contribution in [0, 0.1) is 0 Å². The quantitative estimate of drug-likeness (QED) is 0.843. The predicted molar refractivity (Wildman–Crippen MR) is 74.5 cm³/mol. The van der Waals surface area contributed by atoms with Gasteiger partial charge in [-0.3, -0.25) is 0 Å². The van der Waals surface area contributed by atoms with Crippen molar-refractivity contribution in [2.75, 3.05) is 13.1 Å². The Kier molecular flexibility index (Phi) is 3.16. The first-order valence-corrected chi connectivity index (χ1v) is 6.80. The SMILES string of the molecule is c1ccc(C[C@]2(c3ccccc3)CC[NH2+]C2)cc1.